The molecule has 0 heterocycles. The number of carbonyl (C=O) groups excluding carboxylic acids is 1. The van der Waals surface area contributed by atoms with E-state index in [1.807, 2.05) is 13.8 Å². The molecule has 0 radical (unpaired) electrons. The van der Waals surface area contributed by atoms with Crippen LogP contribution in [0.3, 0.4) is 0 Å². The van der Waals surface area contributed by atoms with Crippen molar-refractivity contribution in [3.8, 4) is 0 Å². The van der Waals surface area contributed by atoms with E-state index in [1.54, 1.807) is 0 Å². The molecule has 0 aromatic heterocycles. The molecule has 5 nitrogen and oxygen atoms in total. The van der Waals surface area contributed by atoms with Crippen molar-refractivity contribution in [3.05, 3.63) is 38.9 Å². The number of carbonyl (C=O) groups is 1. The van der Waals surface area contributed by atoms with Crippen molar-refractivity contribution >= 4 is 34.8 Å². The molecule has 0 aliphatic carbocycles. The van der Waals surface area contributed by atoms with Gasteiger partial charge in [-0.05, 0) is 18.4 Å². The Morgan fingerprint density at radius 1 is 1.40 bits per heavy atom. The van der Waals surface area contributed by atoms with E-state index < -0.39 is 10.8 Å². The number of nitrogens with zero attached hydrogens (tertiary/aromatic N) is 1. The van der Waals surface area contributed by atoms with Crippen LogP contribution in [0.5, 0.6) is 0 Å². The molecular formula is C13H16Cl2N2O3. The summed E-state index contributed by atoms with van der Waals surface area (Å²) in [4.78, 5) is 22.0. The van der Waals surface area contributed by atoms with Gasteiger partial charge in [0.05, 0.1) is 10.3 Å². The summed E-state index contributed by atoms with van der Waals surface area (Å²) in [6, 6.07) is 3.77. The quantitative estimate of drug-likeness (QED) is 0.494. The standard InChI is InChI=1S/C13H16Cl2N2O3/c1-8(2)3-11(15)7-16-13(18)9-4-10(14)6-12(5-9)17(19)20/h4-6,8,11H,3,7H2,1-2H3,(H,16,18). The average Bonchev–Trinajstić information content (AvgIpc) is 2.34. The summed E-state index contributed by atoms with van der Waals surface area (Å²) < 4.78 is 0. The van der Waals surface area contributed by atoms with Gasteiger partial charge in [0.25, 0.3) is 11.6 Å². The van der Waals surface area contributed by atoms with Gasteiger partial charge in [0.2, 0.25) is 0 Å². The number of halogens is 2. The van der Waals surface area contributed by atoms with Crippen LogP contribution in [0.2, 0.25) is 5.02 Å². The summed E-state index contributed by atoms with van der Waals surface area (Å²) in [6.45, 7) is 4.38. The Labute approximate surface area is 127 Å². The third kappa shape index (κ3) is 5.35. The number of benzene rings is 1. The molecule has 7 heteroatoms. The van der Waals surface area contributed by atoms with E-state index in [4.69, 9.17) is 23.2 Å². The van der Waals surface area contributed by atoms with E-state index >= 15 is 0 Å². The summed E-state index contributed by atoms with van der Waals surface area (Å²) in [5.74, 6) is 0.00617. The monoisotopic (exact) mass is 318 g/mol. The van der Waals surface area contributed by atoms with Gasteiger partial charge in [-0.1, -0.05) is 25.4 Å². The predicted octanol–water partition coefficient (Wildman–Crippen LogP) is 3.63. The molecule has 1 aromatic rings. The zero-order chi connectivity index (χ0) is 15.3. The Morgan fingerprint density at radius 3 is 2.60 bits per heavy atom. The van der Waals surface area contributed by atoms with Gasteiger partial charge in [0, 0.05) is 29.3 Å². The molecule has 1 aromatic carbocycles. The molecule has 1 amide bonds. The summed E-state index contributed by atoms with van der Waals surface area (Å²) in [7, 11) is 0. The van der Waals surface area contributed by atoms with Crippen LogP contribution >= 0.6 is 23.2 Å². The molecule has 0 aliphatic rings. The van der Waals surface area contributed by atoms with Gasteiger partial charge in [0.1, 0.15) is 0 Å². The lowest BCUT2D eigenvalue weighted by molar-refractivity contribution is -0.384. The highest BCUT2D eigenvalue weighted by molar-refractivity contribution is 6.31. The van der Waals surface area contributed by atoms with Crippen molar-refractivity contribution in [2.24, 2.45) is 5.92 Å². The zero-order valence-corrected chi connectivity index (χ0v) is 12.7. The minimum atomic E-state index is -0.591. The Balaban J connectivity index is 2.70. The van der Waals surface area contributed by atoms with Crippen molar-refractivity contribution < 1.29 is 9.72 Å². The van der Waals surface area contributed by atoms with Gasteiger partial charge < -0.3 is 5.32 Å². The first-order valence-electron chi connectivity index (χ1n) is 6.17. The lowest BCUT2D eigenvalue weighted by Crippen LogP contribution is -2.30. The van der Waals surface area contributed by atoms with E-state index in [2.05, 4.69) is 5.32 Å². The predicted molar refractivity (Wildman–Crippen MR) is 79.5 cm³/mol. The molecule has 20 heavy (non-hydrogen) atoms. The molecule has 0 aliphatic heterocycles. The molecule has 0 saturated heterocycles. The minimum absolute atomic E-state index is 0.147. The molecule has 1 N–H and O–H groups in total. The lowest BCUT2D eigenvalue weighted by atomic mass is 10.1. The molecule has 110 valence electrons. The van der Waals surface area contributed by atoms with E-state index in [1.165, 1.54) is 18.2 Å². The first-order valence-corrected chi connectivity index (χ1v) is 6.98. The van der Waals surface area contributed by atoms with Crippen LogP contribution in [0, 0.1) is 16.0 Å². The summed E-state index contributed by atoms with van der Waals surface area (Å²) in [5.41, 5.74) is -0.0649. The summed E-state index contributed by atoms with van der Waals surface area (Å²) in [5, 5.41) is 13.3. The SMILES string of the molecule is CC(C)CC(Cl)CNC(=O)c1cc(Cl)cc([N+](=O)[O-])c1. The van der Waals surface area contributed by atoms with Crippen molar-refractivity contribution in [2.45, 2.75) is 25.6 Å². The zero-order valence-electron chi connectivity index (χ0n) is 11.2. The third-order valence-electron chi connectivity index (χ3n) is 2.57. The highest BCUT2D eigenvalue weighted by Gasteiger charge is 2.15. The fourth-order valence-corrected chi connectivity index (χ4v) is 2.37. The topological polar surface area (TPSA) is 72.2 Å². The Kier molecular flexibility index (Phi) is 6.23. The Bertz CT molecular complexity index is 506. The fourth-order valence-electron chi connectivity index (χ4n) is 1.71. The van der Waals surface area contributed by atoms with E-state index in [0.717, 1.165) is 6.42 Å². The number of hydrogen-bond acceptors (Lipinski definition) is 3. The maximum absolute atomic E-state index is 11.9. The van der Waals surface area contributed by atoms with E-state index in [9.17, 15) is 14.9 Å². The molecular weight excluding hydrogens is 303 g/mol. The highest BCUT2D eigenvalue weighted by Crippen LogP contribution is 2.21. The summed E-state index contributed by atoms with van der Waals surface area (Å²) >= 11 is 11.8. The molecule has 0 bridgehead atoms. The molecule has 1 unspecified atom stereocenters. The largest absolute Gasteiger partial charge is 0.351 e. The highest BCUT2D eigenvalue weighted by atomic mass is 35.5. The van der Waals surface area contributed by atoms with Crippen LogP contribution in [0.25, 0.3) is 0 Å². The Hall–Kier alpha value is -1.33. The number of amides is 1. The van der Waals surface area contributed by atoms with Gasteiger partial charge in [-0.15, -0.1) is 11.6 Å². The minimum Gasteiger partial charge on any atom is -0.351 e. The van der Waals surface area contributed by atoms with Crippen molar-refractivity contribution in [1.29, 1.82) is 0 Å². The van der Waals surface area contributed by atoms with E-state index in [-0.39, 0.29) is 21.7 Å². The third-order valence-corrected chi connectivity index (χ3v) is 3.12. The maximum atomic E-state index is 11.9. The lowest BCUT2D eigenvalue weighted by Gasteiger charge is -2.13. The van der Waals surface area contributed by atoms with Gasteiger partial charge in [-0.25, -0.2) is 0 Å². The number of rotatable bonds is 6. The molecule has 1 rings (SSSR count). The van der Waals surface area contributed by atoms with Gasteiger partial charge in [-0.3, -0.25) is 14.9 Å². The van der Waals surface area contributed by atoms with Crippen LogP contribution < -0.4 is 5.32 Å². The number of alkyl halides is 1. The second-order valence-electron chi connectivity index (χ2n) is 4.89. The van der Waals surface area contributed by atoms with Crippen LogP contribution in [0.1, 0.15) is 30.6 Å². The second kappa shape index (κ2) is 7.45. The first kappa shape index (κ1) is 16.7. The van der Waals surface area contributed by atoms with Crippen molar-refractivity contribution in [2.75, 3.05) is 6.54 Å². The van der Waals surface area contributed by atoms with Crippen molar-refractivity contribution in [1.82, 2.24) is 5.32 Å². The number of hydrogen-bond donors (Lipinski definition) is 1. The van der Waals surface area contributed by atoms with Gasteiger partial charge >= 0.3 is 0 Å². The maximum Gasteiger partial charge on any atom is 0.271 e. The molecule has 0 saturated carbocycles. The second-order valence-corrected chi connectivity index (χ2v) is 5.95. The summed E-state index contributed by atoms with van der Waals surface area (Å²) in [6.07, 6.45) is 0.775. The van der Waals surface area contributed by atoms with Crippen molar-refractivity contribution in [3.63, 3.8) is 0 Å². The van der Waals surface area contributed by atoms with Crippen LogP contribution in [0.15, 0.2) is 18.2 Å². The van der Waals surface area contributed by atoms with Crippen LogP contribution in [0.4, 0.5) is 5.69 Å². The molecule has 1 atom stereocenters. The van der Waals surface area contributed by atoms with Gasteiger partial charge in [-0.2, -0.15) is 0 Å². The van der Waals surface area contributed by atoms with Crippen LogP contribution in [-0.2, 0) is 0 Å². The molecule has 0 fully saturated rings. The first-order chi connectivity index (χ1) is 9.29. The fraction of sp³-hybridized carbons (Fsp3) is 0.462. The normalized spacial score (nSPS) is 12.2. The average molecular weight is 319 g/mol. The Morgan fingerprint density at radius 2 is 2.05 bits per heavy atom. The molecule has 0 spiro atoms. The van der Waals surface area contributed by atoms with E-state index in [0.29, 0.717) is 12.5 Å². The van der Waals surface area contributed by atoms with Gasteiger partial charge in [0.15, 0.2) is 0 Å². The number of nitro benzene ring substituents is 1. The number of nitrogens with one attached hydrogen (secondary N) is 1. The number of nitro groups is 1. The number of non-ortho nitro benzene ring substituents is 1. The van der Waals surface area contributed by atoms with Crippen LogP contribution in [-0.4, -0.2) is 22.8 Å². The smallest absolute Gasteiger partial charge is 0.271 e.